The van der Waals surface area contributed by atoms with Gasteiger partial charge in [0.05, 0.1) is 0 Å². The van der Waals surface area contributed by atoms with Gasteiger partial charge < -0.3 is 11.1 Å². The second-order valence-corrected chi connectivity index (χ2v) is 4.84. The number of benzene rings is 1. The van der Waals surface area contributed by atoms with Crippen molar-refractivity contribution in [1.29, 1.82) is 0 Å². The van der Waals surface area contributed by atoms with Crippen LogP contribution in [0.25, 0.3) is 0 Å². The number of hydrogen-bond donors (Lipinski definition) is 2. The summed E-state index contributed by atoms with van der Waals surface area (Å²) in [6, 6.07) is 7.69. The van der Waals surface area contributed by atoms with Crippen molar-refractivity contribution in [1.82, 2.24) is 5.32 Å². The lowest BCUT2D eigenvalue weighted by atomic mass is 9.92. The second kappa shape index (κ2) is 3.53. The van der Waals surface area contributed by atoms with Gasteiger partial charge in [-0.05, 0) is 48.9 Å². The minimum atomic E-state index is 0.564. The van der Waals surface area contributed by atoms with Gasteiger partial charge in [0.1, 0.15) is 0 Å². The number of hydrogen-bond acceptors (Lipinski definition) is 2. The number of nitrogen functional groups attached to an aromatic ring is 1. The fourth-order valence-electron chi connectivity index (χ4n) is 2.65. The van der Waals surface area contributed by atoms with Gasteiger partial charge in [0.2, 0.25) is 0 Å². The van der Waals surface area contributed by atoms with E-state index in [1.165, 1.54) is 43.2 Å². The highest BCUT2D eigenvalue weighted by Gasteiger charge is 2.27. The monoisotopic (exact) mass is 202 g/mol. The summed E-state index contributed by atoms with van der Waals surface area (Å²) < 4.78 is 0. The van der Waals surface area contributed by atoms with Gasteiger partial charge in [0.25, 0.3) is 0 Å². The van der Waals surface area contributed by atoms with Crippen LogP contribution in [0.2, 0.25) is 0 Å². The van der Waals surface area contributed by atoms with E-state index in [1.54, 1.807) is 0 Å². The van der Waals surface area contributed by atoms with Crippen LogP contribution in [0.3, 0.4) is 0 Å². The lowest BCUT2D eigenvalue weighted by molar-refractivity contribution is 0.304. The van der Waals surface area contributed by atoms with E-state index in [9.17, 15) is 0 Å². The van der Waals surface area contributed by atoms with Gasteiger partial charge in [-0.3, -0.25) is 0 Å². The van der Waals surface area contributed by atoms with Crippen LogP contribution in [-0.4, -0.2) is 6.04 Å². The molecule has 0 amide bonds. The van der Waals surface area contributed by atoms with Crippen LogP contribution in [0.4, 0.5) is 5.69 Å². The average molecular weight is 202 g/mol. The predicted octanol–water partition coefficient (Wildman–Crippen LogP) is 2.40. The van der Waals surface area contributed by atoms with Crippen LogP contribution in [0.5, 0.6) is 0 Å². The van der Waals surface area contributed by atoms with E-state index >= 15 is 0 Å². The number of anilines is 1. The van der Waals surface area contributed by atoms with Gasteiger partial charge in [-0.25, -0.2) is 0 Å². The van der Waals surface area contributed by atoms with E-state index in [4.69, 9.17) is 5.73 Å². The van der Waals surface area contributed by atoms with Gasteiger partial charge in [0.15, 0.2) is 0 Å². The van der Waals surface area contributed by atoms with Crippen LogP contribution >= 0.6 is 0 Å². The maximum atomic E-state index is 5.84. The molecule has 80 valence electrons. The minimum Gasteiger partial charge on any atom is -0.399 e. The summed E-state index contributed by atoms with van der Waals surface area (Å²) in [6.07, 6.45) is 6.56. The Balaban J connectivity index is 1.80. The highest BCUT2D eigenvalue weighted by Crippen LogP contribution is 2.34. The molecule has 0 bridgehead atoms. The van der Waals surface area contributed by atoms with E-state index in [0.717, 1.165) is 11.7 Å². The van der Waals surface area contributed by atoms with E-state index in [2.05, 4.69) is 17.4 Å². The molecular formula is C13H18N2. The van der Waals surface area contributed by atoms with E-state index in [-0.39, 0.29) is 0 Å². The topological polar surface area (TPSA) is 38.0 Å². The molecule has 2 heteroatoms. The standard InChI is InChI=1S/C13H18N2/c14-10-6-4-9-5-7-13(12(9)8-10)15-11-2-1-3-11/h4,6,8,11,13,15H,1-3,5,7,14H2. The molecule has 2 aliphatic rings. The fourth-order valence-corrected chi connectivity index (χ4v) is 2.65. The molecule has 1 aromatic carbocycles. The molecule has 15 heavy (non-hydrogen) atoms. The van der Waals surface area contributed by atoms with Crippen molar-refractivity contribution in [2.45, 2.75) is 44.2 Å². The molecule has 3 N–H and O–H groups in total. The van der Waals surface area contributed by atoms with Crippen molar-refractivity contribution >= 4 is 5.69 Å². The first kappa shape index (κ1) is 9.22. The van der Waals surface area contributed by atoms with Gasteiger partial charge in [-0.1, -0.05) is 12.5 Å². The second-order valence-electron chi connectivity index (χ2n) is 4.84. The van der Waals surface area contributed by atoms with Crippen molar-refractivity contribution in [2.75, 3.05) is 5.73 Å². The molecule has 1 saturated carbocycles. The van der Waals surface area contributed by atoms with Crippen molar-refractivity contribution < 1.29 is 0 Å². The Hall–Kier alpha value is -1.02. The molecule has 1 aromatic rings. The Kier molecular flexibility index (Phi) is 2.17. The SMILES string of the molecule is Nc1ccc2c(c1)C(NC1CCC1)CC2. The van der Waals surface area contributed by atoms with Gasteiger partial charge >= 0.3 is 0 Å². The Bertz CT molecular complexity index is 369. The maximum absolute atomic E-state index is 5.84. The molecule has 0 radical (unpaired) electrons. The van der Waals surface area contributed by atoms with Crippen molar-refractivity contribution in [3.63, 3.8) is 0 Å². The first-order valence-electron chi connectivity index (χ1n) is 5.97. The first-order valence-corrected chi connectivity index (χ1v) is 5.97. The zero-order valence-electron chi connectivity index (χ0n) is 9.00. The molecule has 3 rings (SSSR count). The molecular weight excluding hydrogens is 184 g/mol. The summed E-state index contributed by atoms with van der Waals surface area (Å²) >= 11 is 0. The van der Waals surface area contributed by atoms with Gasteiger partial charge in [-0.15, -0.1) is 0 Å². The van der Waals surface area contributed by atoms with E-state index in [0.29, 0.717) is 6.04 Å². The summed E-state index contributed by atoms with van der Waals surface area (Å²) in [4.78, 5) is 0. The van der Waals surface area contributed by atoms with Gasteiger partial charge in [-0.2, -0.15) is 0 Å². The van der Waals surface area contributed by atoms with Crippen molar-refractivity contribution in [3.05, 3.63) is 29.3 Å². The number of nitrogens with one attached hydrogen (secondary N) is 1. The van der Waals surface area contributed by atoms with Crippen LogP contribution in [0.1, 0.15) is 42.9 Å². The Morgan fingerprint density at radius 3 is 2.80 bits per heavy atom. The molecule has 0 aliphatic heterocycles. The van der Waals surface area contributed by atoms with Gasteiger partial charge in [0, 0.05) is 17.8 Å². The Morgan fingerprint density at radius 2 is 2.07 bits per heavy atom. The summed E-state index contributed by atoms with van der Waals surface area (Å²) in [5.41, 5.74) is 9.67. The average Bonchev–Trinajstić information content (AvgIpc) is 2.54. The van der Waals surface area contributed by atoms with Crippen LogP contribution in [-0.2, 0) is 6.42 Å². The van der Waals surface area contributed by atoms with Crippen molar-refractivity contribution in [2.24, 2.45) is 0 Å². The van der Waals surface area contributed by atoms with Crippen LogP contribution in [0, 0.1) is 0 Å². The van der Waals surface area contributed by atoms with Crippen LogP contribution in [0.15, 0.2) is 18.2 Å². The van der Waals surface area contributed by atoms with Crippen molar-refractivity contribution in [3.8, 4) is 0 Å². The first-order chi connectivity index (χ1) is 7.33. The minimum absolute atomic E-state index is 0.564. The number of rotatable bonds is 2. The Morgan fingerprint density at radius 1 is 1.20 bits per heavy atom. The predicted molar refractivity (Wildman–Crippen MR) is 62.7 cm³/mol. The molecule has 1 fully saturated rings. The summed E-state index contributed by atoms with van der Waals surface area (Å²) in [5, 5.41) is 3.74. The quantitative estimate of drug-likeness (QED) is 0.723. The number of nitrogens with two attached hydrogens (primary N) is 1. The number of fused-ring (bicyclic) bond motifs is 1. The molecule has 2 nitrogen and oxygen atoms in total. The zero-order chi connectivity index (χ0) is 10.3. The summed E-state index contributed by atoms with van der Waals surface area (Å²) in [6.45, 7) is 0. The molecule has 0 heterocycles. The normalized spacial score (nSPS) is 24.9. The van der Waals surface area contributed by atoms with E-state index in [1.807, 2.05) is 6.07 Å². The Labute approximate surface area is 90.9 Å². The lowest BCUT2D eigenvalue weighted by Gasteiger charge is -2.30. The number of aryl methyl sites for hydroxylation is 1. The third-order valence-electron chi connectivity index (χ3n) is 3.79. The summed E-state index contributed by atoms with van der Waals surface area (Å²) in [7, 11) is 0. The molecule has 1 atom stereocenters. The molecule has 0 saturated heterocycles. The molecule has 1 unspecified atom stereocenters. The third kappa shape index (κ3) is 1.63. The highest BCUT2D eigenvalue weighted by atomic mass is 15.0. The largest absolute Gasteiger partial charge is 0.399 e. The maximum Gasteiger partial charge on any atom is 0.0329 e. The molecule has 0 spiro atoms. The van der Waals surface area contributed by atoms with E-state index < -0.39 is 0 Å². The lowest BCUT2D eigenvalue weighted by Crippen LogP contribution is -2.37. The molecule has 0 aromatic heterocycles. The zero-order valence-corrected chi connectivity index (χ0v) is 9.00. The fraction of sp³-hybridized carbons (Fsp3) is 0.538. The van der Waals surface area contributed by atoms with Crippen LogP contribution < -0.4 is 11.1 Å². The highest BCUT2D eigenvalue weighted by molar-refractivity contribution is 5.48. The summed E-state index contributed by atoms with van der Waals surface area (Å²) in [5.74, 6) is 0. The smallest absolute Gasteiger partial charge is 0.0329 e. The third-order valence-corrected chi connectivity index (χ3v) is 3.79. The molecule has 2 aliphatic carbocycles.